The lowest BCUT2D eigenvalue weighted by Gasteiger charge is -2.16. The second-order valence-electron chi connectivity index (χ2n) is 4.77. The molecule has 1 aromatic carbocycles. The summed E-state index contributed by atoms with van der Waals surface area (Å²) in [6.07, 6.45) is 2.38. The number of carbonyl (C=O) groups is 1. The zero-order valence-corrected chi connectivity index (χ0v) is 12.9. The van der Waals surface area contributed by atoms with Crippen LogP contribution in [0.5, 0.6) is 5.75 Å². The third-order valence-corrected chi connectivity index (χ3v) is 3.36. The third kappa shape index (κ3) is 5.10. The maximum Gasteiger partial charge on any atom is 0.258 e. The van der Waals surface area contributed by atoms with Crippen LogP contribution in [-0.4, -0.2) is 29.5 Å². The molecule has 0 atom stereocenters. The summed E-state index contributed by atoms with van der Waals surface area (Å²) in [5, 5.41) is 15.2. The Bertz CT molecular complexity index is 482. The summed E-state index contributed by atoms with van der Waals surface area (Å²) >= 11 is 0. The predicted octanol–water partition coefficient (Wildman–Crippen LogP) is 2.96. The number of benzene rings is 1. The molecule has 0 saturated heterocycles. The molecule has 2 N–H and O–H groups in total. The molecule has 0 radical (unpaired) electrons. The van der Waals surface area contributed by atoms with Crippen LogP contribution in [0.4, 0.5) is 0 Å². The number of hydrogen-bond donors (Lipinski definition) is 2. The van der Waals surface area contributed by atoms with E-state index in [1.54, 1.807) is 6.07 Å². The van der Waals surface area contributed by atoms with Gasteiger partial charge >= 0.3 is 0 Å². The van der Waals surface area contributed by atoms with Gasteiger partial charge in [-0.05, 0) is 31.4 Å². The second-order valence-corrected chi connectivity index (χ2v) is 4.77. The van der Waals surface area contributed by atoms with Crippen LogP contribution < -0.4 is 10.1 Å². The number of ether oxygens (including phenoxy) is 1. The Kier molecular flexibility index (Phi) is 7.29. The lowest BCUT2D eigenvalue weighted by molar-refractivity contribution is -0.123. The molecule has 1 rings (SSSR count). The van der Waals surface area contributed by atoms with E-state index in [-0.39, 0.29) is 18.6 Å². The molecule has 0 saturated carbocycles. The largest absolute Gasteiger partial charge is 0.483 e. The maximum absolute atomic E-state index is 11.8. The van der Waals surface area contributed by atoms with E-state index in [0.717, 1.165) is 12.8 Å². The van der Waals surface area contributed by atoms with Gasteiger partial charge in [0.2, 0.25) is 0 Å². The average Bonchev–Trinajstić information content (AvgIpc) is 2.52. The molecule has 0 aliphatic carbocycles. The van der Waals surface area contributed by atoms with E-state index in [0.29, 0.717) is 23.4 Å². The highest BCUT2D eigenvalue weighted by atomic mass is 16.5. The highest BCUT2D eigenvalue weighted by molar-refractivity contribution is 6.02. The van der Waals surface area contributed by atoms with E-state index in [1.165, 1.54) is 0 Å². The predicted molar refractivity (Wildman–Crippen MR) is 83.1 cm³/mol. The molecule has 5 heteroatoms. The zero-order chi connectivity index (χ0) is 15.7. The van der Waals surface area contributed by atoms with Gasteiger partial charge in [0.25, 0.3) is 5.91 Å². The highest BCUT2D eigenvalue weighted by Crippen LogP contribution is 2.20. The van der Waals surface area contributed by atoms with Crippen molar-refractivity contribution in [1.29, 1.82) is 0 Å². The van der Waals surface area contributed by atoms with Crippen molar-refractivity contribution in [3.8, 4) is 5.75 Å². The van der Waals surface area contributed by atoms with Crippen molar-refractivity contribution in [2.45, 2.75) is 46.1 Å². The Labute approximate surface area is 126 Å². The van der Waals surface area contributed by atoms with Gasteiger partial charge in [-0.1, -0.05) is 38.1 Å². The second kappa shape index (κ2) is 9.00. The van der Waals surface area contributed by atoms with Crippen molar-refractivity contribution < 1.29 is 14.7 Å². The van der Waals surface area contributed by atoms with Gasteiger partial charge in [0.05, 0.1) is 5.71 Å². The SMILES string of the molecule is CCC(=NO)c1ccccc1OCC(=O)NC(CC)CC. The number of rotatable bonds is 8. The molecule has 1 amide bonds. The molecule has 5 nitrogen and oxygen atoms in total. The van der Waals surface area contributed by atoms with Crippen LogP contribution in [0, 0.1) is 0 Å². The van der Waals surface area contributed by atoms with Crippen molar-refractivity contribution in [2.75, 3.05) is 6.61 Å². The smallest absolute Gasteiger partial charge is 0.258 e. The van der Waals surface area contributed by atoms with Gasteiger partial charge < -0.3 is 15.3 Å². The summed E-state index contributed by atoms with van der Waals surface area (Å²) < 4.78 is 5.57. The first-order chi connectivity index (χ1) is 10.2. The van der Waals surface area contributed by atoms with Crippen LogP contribution in [0.3, 0.4) is 0 Å². The molecule has 0 fully saturated rings. The first-order valence-corrected chi connectivity index (χ1v) is 7.38. The van der Waals surface area contributed by atoms with E-state index in [9.17, 15) is 4.79 Å². The Morgan fingerprint density at radius 3 is 2.52 bits per heavy atom. The molecule has 116 valence electrons. The Balaban J connectivity index is 2.70. The van der Waals surface area contributed by atoms with Gasteiger partial charge in [0.15, 0.2) is 6.61 Å². The summed E-state index contributed by atoms with van der Waals surface area (Å²) in [5.74, 6) is 0.407. The van der Waals surface area contributed by atoms with Crippen molar-refractivity contribution in [1.82, 2.24) is 5.32 Å². The molecule has 0 aliphatic rings. The van der Waals surface area contributed by atoms with Crippen LogP contribution in [0.15, 0.2) is 29.4 Å². The van der Waals surface area contributed by atoms with Crippen LogP contribution in [0.1, 0.15) is 45.6 Å². The fourth-order valence-electron chi connectivity index (χ4n) is 2.05. The Morgan fingerprint density at radius 2 is 1.95 bits per heavy atom. The molecular formula is C16H24N2O3. The minimum Gasteiger partial charge on any atom is -0.483 e. The van der Waals surface area contributed by atoms with Gasteiger partial charge in [-0.2, -0.15) is 0 Å². The van der Waals surface area contributed by atoms with E-state index >= 15 is 0 Å². The topological polar surface area (TPSA) is 70.9 Å². The minimum absolute atomic E-state index is 0.0457. The monoisotopic (exact) mass is 292 g/mol. The first-order valence-electron chi connectivity index (χ1n) is 7.38. The van der Waals surface area contributed by atoms with Crippen LogP contribution in [-0.2, 0) is 4.79 Å². The quantitative estimate of drug-likeness (QED) is 0.439. The maximum atomic E-state index is 11.8. The van der Waals surface area contributed by atoms with Gasteiger partial charge in [-0.3, -0.25) is 4.79 Å². The normalized spacial score (nSPS) is 11.5. The molecule has 0 spiro atoms. The van der Waals surface area contributed by atoms with E-state index in [2.05, 4.69) is 10.5 Å². The van der Waals surface area contributed by atoms with Gasteiger partial charge in [0.1, 0.15) is 5.75 Å². The first kappa shape index (κ1) is 17.0. The summed E-state index contributed by atoms with van der Waals surface area (Å²) in [6.45, 7) is 5.92. The number of para-hydroxylation sites is 1. The molecule has 0 aromatic heterocycles. The number of carbonyl (C=O) groups excluding carboxylic acids is 1. The van der Waals surface area contributed by atoms with Gasteiger partial charge in [-0.25, -0.2) is 0 Å². The number of nitrogens with one attached hydrogen (secondary N) is 1. The molecule has 1 aromatic rings. The fourth-order valence-corrected chi connectivity index (χ4v) is 2.05. The van der Waals surface area contributed by atoms with Crippen molar-refractivity contribution in [3.63, 3.8) is 0 Å². The number of hydrogen-bond acceptors (Lipinski definition) is 4. The van der Waals surface area contributed by atoms with Crippen LogP contribution in [0.2, 0.25) is 0 Å². The highest BCUT2D eigenvalue weighted by Gasteiger charge is 2.12. The fraction of sp³-hybridized carbons (Fsp3) is 0.500. The summed E-state index contributed by atoms with van der Waals surface area (Å²) in [7, 11) is 0. The van der Waals surface area contributed by atoms with Crippen molar-refractivity contribution in [2.24, 2.45) is 5.16 Å². The van der Waals surface area contributed by atoms with E-state index < -0.39 is 0 Å². The van der Waals surface area contributed by atoms with Crippen molar-refractivity contribution >= 4 is 11.6 Å². The Morgan fingerprint density at radius 1 is 1.29 bits per heavy atom. The lowest BCUT2D eigenvalue weighted by Crippen LogP contribution is -2.37. The molecule has 0 aliphatic heterocycles. The number of amides is 1. The van der Waals surface area contributed by atoms with Crippen molar-refractivity contribution in [3.05, 3.63) is 29.8 Å². The number of nitrogens with zero attached hydrogens (tertiary/aromatic N) is 1. The van der Waals surface area contributed by atoms with Gasteiger partial charge in [0, 0.05) is 11.6 Å². The average molecular weight is 292 g/mol. The third-order valence-electron chi connectivity index (χ3n) is 3.36. The van der Waals surface area contributed by atoms with E-state index in [4.69, 9.17) is 9.94 Å². The van der Waals surface area contributed by atoms with E-state index in [1.807, 2.05) is 39.0 Å². The summed E-state index contributed by atoms with van der Waals surface area (Å²) in [4.78, 5) is 11.8. The van der Waals surface area contributed by atoms with Crippen LogP contribution >= 0.6 is 0 Å². The van der Waals surface area contributed by atoms with Gasteiger partial charge in [-0.15, -0.1) is 0 Å². The molecule has 0 bridgehead atoms. The summed E-state index contributed by atoms with van der Waals surface area (Å²) in [5.41, 5.74) is 1.24. The zero-order valence-electron chi connectivity index (χ0n) is 12.9. The summed E-state index contributed by atoms with van der Waals surface area (Å²) in [6, 6.07) is 7.42. The van der Waals surface area contributed by atoms with Crippen LogP contribution in [0.25, 0.3) is 0 Å². The molecular weight excluding hydrogens is 268 g/mol. The minimum atomic E-state index is -0.141. The number of oxime groups is 1. The molecule has 21 heavy (non-hydrogen) atoms. The standard InChI is InChI=1S/C16H24N2O3/c1-4-12(5-2)17-16(19)11-21-15-10-8-7-9-13(15)14(6-3)18-20/h7-10,12,20H,4-6,11H2,1-3H3,(H,17,19). The Hall–Kier alpha value is -2.04. The lowest BCUT2D eigenvalue weighted by atomic mass is 10.1. The molecule has 0 heterocycles. The molecule has 0 unspecified atom stereocenters.